The number of benzene rings is 2. The van der Waals surface area contributed by atoms with Gasteiger partial charge in [0.15, 0.2) is 18.1 Å². The predicted octanol–water partition coefficient (Wildman–Crippen LogP) is 4.80. The number of rotatable bonds is 9. The molecule has 0 atom stereocenters. The highest BCUT2D eigenvalue weighted by atomic mass is 16.5. The van der Waals surface area contributed by atoms with Gasteiger partial charge in [0.05, 0.1) is 13.2 Å². The summed E-state index contributed by atoms with van der Waals surface area (Å²) in [7, 11) is 1.56. The first kappa shape index (κ1) is 23.0. The van der Waals surface area contributed by atoms with Gasteiger partial charge in [0, 0.05) is 11.8 Å². The molecule has 0 saturated heterocycles. The minimum atomic E-state index is -0.608. The van der Waals surface area contributed by atoms with Crippen molar-refractivity contribution in [3.05, 3.63) is 59.7 Å². The average Bonchev–Trinajstić information content (AvgIpc) is 2.71. The van der Waals surface area contributed by atoms with Crippen LogP contribution in [0.2, 0.25) is 0 Å². The smallest absolute Gasteiger partial charge is 0.331 e. The maximum Gasteiger partial charge on any atom is 0.331 e. The molecule has 1 amide bonds. The van der Waals surface area contributed by atoms with Gasteiger partial charge in [-0.1, -0.05) is 38.1 Å². The maximum absolute atomic E-state index is 12.1. The molecule has 6 heteroatoms. The summed E-state index contributed by atoms with van der Waals surface area (Å²) in [5.74, 6) is 0.472. The zero-order chi connectivity index (χ0) is 22.1. The summed E-state index contributed by atoms with van der Waals surface area (Å²) in [6.45, 7) is 7.60. The van der Waals surface area contributed by atoms with Gasteiger partial charge < -0.3 is 19.5 Å². The second kappa shape index (κ2) is 11.0. The number of hydrogen-bond donors (Lipinski definition) is 1. The Labute approximate surface area is 177 Å². The van der Waals surface area contributed by atoms with Gasteiger partial charge in [0.1, 0.15) is 0 Å². The summed E-state index contributed by atoms with van der Waals surface area (Å²) in [5, 5.41) is 2.79. The van der Waals surface area contributed by atoms with Crippen LogP contribution >= 0.6 is 0 Å². The van der Waals surface area contributed by atoms with Gasteiger partial charge in [-0.05, 0) is 55.2 Å². The van der Waals surface area contributed by atoms with Crippen LogP contribution in [0.4, 0.5) is 5.69 Å². The fourth-order valence-corrected chi connectivity index (χ4v) is 2.79. The first-order valence-corrected chi connectivity index (χ1v) is 9.88. The molecule has 0 unspecified atom stereocenters. The number of amides is 1. The van der Waals surface area contributed by atoms with Crippen molar-refractivity contribution in [1.29, 1.82) is 0 Å². The number of hydrogen-bond acceptors (Lipinski definition) is 5. The highest BCUT2D eigenvalue weighted by Gasteiger charge is 2.11. The molecule has 2 aromatic rings. The number of methoxy groups -OCH3 is 1. The Morgan fingerprint density at radius 3 is 2.43 bits per heavy atom. The molecule has 0 radical (unpaired) electrons. The number of para-hydroxylation sites is 1. The summed E-state index contributed by atoms with van der Waals surface area (Å²) in [6.07, 6.45) is 2.89. The van der Waals surface area contributed by atoms with Crippen LogP contribution in [0.15, 0.2) is 48.5 Å². The van der Waals surface area contributed by atoms with Crippen molar-refractivity contribution in [1.82, 2.24) is 0 Å². The predicted molar refractivity (Wildman–Crippen MR) is 118 cm³/mol. The Morgan fingerprint density at radius 2 is 1.77 bits per heavy atom. The van der Waals surface area contributed by atoms with Crippen molar-refractivity contribution in [2.24, 2.45) is 0 Å². The lowest BCUT2D eigenvalue weighted by Gasteiger charge is -2.14. The third-order valence-corrected chi connectivity index (χ3v) is 4.16. The SMILES string of the molecule is COc1cc(/C=C/C(=O)OCC(=O)Nc2ccccc2C(C)C)ccc1OC(C)C. The van der Waals surface area contributed by atoms with Crippen LogP contribution in [-0.2, 0) is 14.3 Å². The molecular weight excluding hydrogens is 382 g/mol. The summed E-state index contributed by atoms with van der Waals surface area (Å²) >= 11 is 0. The van der Waals surface area contributed by atoms with Crippen molar-refractivity contribution in [3.8, 4) is 11.5 Å². The van der Waals surface area contributed by atoms with E-state index in [4.69, 9.17) is 14.2 Å². The molecule has 2 aromatic carbocycles. The molecule has 2 rings (SSSR count). The van der Waals surface area contributed by atoms with E-state index in [1.54, 1.807) is 31.4 Å². The third-order valence-electron chi connectivity index (χ3n) is 4.16. The lowest BCUT2D eigenvalue weighted by atomic mass is 10.0. The van der Waals surface area contributed by atoms with Gasteiger partial charge in [-0.2, -0.15) is 0 Å². The van der Waals surface area contributed by atoms with Gasteiger partial charge in [-0.15, -0.1) is 0 Å². The van der Waals surface area contributed by atoms with Crippen molar-refractivity contribution >= 4 is 23.6 Å². The fourth-order valence-electron chi connectivity index (χ4n) is 2.79. The second-order valence-electron chi connectivity index (χ2n) is 7.31. The van der Waals surface area contributed by atoms with Crippen molar-refractivity contribution in [3.63, 3.8) is 0 Å². The molecule has 1 N–H and O–H groups in total. The molecule has 6 nitrogen and oxygen atoms in total. The van der Waals surface area contributed by atoms with E-state index in [-0.39, 0.29) is 24.5 Å². The normalized spacial score (nSPS) is 11.0. The molecule has 0 fully saturated rings. The molecule has 160 valence electrons. The quantitative estimate of drug-likeness (QED) is 0.474. The minimum Gasteiger partial charge on any atom is -0.493 e. The van der Waals surface area contributed by atoms with E-state index in [1.807, 2.05) is 52.0 Å². The summed E-state index contributed by atoms with van der Waals surface area (Å²) in [4.78, 5) is 24.1. The molecule has 0 aliphatic rings. The highest BCUT2D eigenvalue weighted by molar-refractivity contribution is 5.95. The second-order valence-corrected chi connectivity index (χ2v) is 7.31. The highest BCUT2D eigenvalue weighted by Crippen LogP contribution is 2.29. The van der Waals surface area contributed by atoms with Crippen molar-refractivity contribution < 1.29 is 23.8 Å². The molecule has 0 aromatic heterocycles. The first-order chi connectivity index (χ1) is 14.3. The minimum absolute atomic E-state index is 0.0221. The van der Waals surface area contributed by atoms with Crippen LogP contribution in [0.1, 0.15) is 44.7 Å². The van der Waals surface area contributed by atoms with Crippen LogP contribution < -0.4 is 14.8 Å². The van der Waals surface area contributed by atoms with Crippen LogP contribution in [0.25, 0.3) is 6.08 Å². The van der Waals surface area contributed by atoms with Gasteiger partial charge in [-0.25, -0.2) is 4.79 Å². The Morgan fingerprint density at radius 1 is 1.03 bits per heavy atom. The van der Waals surface area contributed by atoms with Crippen molar-refractivity contribution in [2.45, 2.75) is 39.7 Å². The van der Waals surface area contributed by atoms with Crippen LogP contribution in [-0.4, -0.2) is 31.7 Å². The van der Waals surface area contributed by atoms with Gasteiger partial charge in [-0.3, -0.25) is 4.79 Å². The zero-order valence-electron chi connectivity index (χ0n) is 18.1. The van der Waals surface area contributed by atoms with Crippen LogP contribution in [0.3, 0.4) is 0 Å². The topological polar surface area (TPSA) is 73.9 Å². The molecule has 0 bridgehead atoms. The van der Waals surface area contributed by atoms with E-state index in [9.17, 15) is 9.59 Å². The maximum atomic E-state index is 12.1. The molecule has 0 aliphatic heterocycles. The van der Waals surface area contributed by atoms with Gasteiger partial charge in [0.25, 0.3) is 5.91 Å². The number of esters is 1. The van der Waals surface area contributed by atoms with Crippen molar-refractivity contribution in [2.75, 3.05) is 19.0 Å². The van der Waals surface area contributed by atoms with E-state index in [2.05, 4.69) is 5.32 Å². The van der Waals surface area contributed by atoms with E-state index >= 15 is 0 Å². The Bertz CT molecular complexity index is 902. The third kappa shape index (κ3) is 6.95. The van der Waals surface area contributed by atoms with Gasteiger partial charge >= 0.3 is 5.97 Å². The summed E-state index contributed by atoms with van der Waals surface area (Å²) in [6, 6.07) is 12.9. The molecule has 0 saturated carbocycles. The Hall–Kier alpha value is -3.28. The fraction of sp³-hybridized carbons (Fsp3) is 0.333. The monoisotopic (exact) mass is 411 g/mol. The van der Waals surface area contributed by atoms with E-state index in [0.717, 1.165) is 16.8 Å². The summed E-state index contributed by atoms with van der Waals surface area (Å²) < 4.78 is 16.0. The summed E-state index contributed by atoms with van der Waals surface area (Å²) in [5.41, 5.74) is 2.49. The number of carbonyl (C=O) groups excluding carboxylic acids is 2. The largest absolute Gasteiger partial charge is 0.493 e. The van der Waals surface area contributed by atoms with Crippen LogP contribution in [0, 0.1) is 0 Å². The number of nitrogens with one attached hydrogen (secondary N) is 1. The Balaban J connectivity index is 1.91. The lowest BCUT2D eigenvalue weighted by molar-refractivity contribution is -0.142. The average molecular weight is 411 g/mol. The van der Waals surface area contributed by atoms with Gasteiger partial charge in [0.2, 0.25) is 0 Å². The Kier molecular flexibility index (Phi) is 8.47. The molecule has 0 heterocycles. The first-order valence-electron chi connectivity index (χ1n) is 9.88. The molecular formula is C24H29NO5. The van der Waals surface area contributed by atoms with E-state index < -0.39 is 5.97 Å². The number of anilines is 1. The van der Waals surface area contributed by atoms with E-state index in [0.29, 0.717) is 11.5 Å². The van der Waals surface area contributed by atoms with Crippen LogP contribution in [0.5, 0.6) is 11.5 Å². The van der Waals surface area contributed by atoms with E-state index in [1.165, 1.54) is 6.08 Å². The standard InChI is InChI=1S/C24H29NO5/c1-16(2)19-8-6-7-9-20(19)25-23(26)15-29-24(27)13-11-18-10-12-21(30-17(3)4)22(14-18)28-5/h6-14,16-17H,15H2,1-5H3,(H,25,26)/b13-11+. The molecule has 0 spiro atoms. The zero-order valence-corrected chi connectivity index (χ0v) is 18.1. The number of carbonyl (C=O) groups is 2. The molecule has 30 heavy (non-hydrogen) atoms. The lowest BCUT2D eigenvalue weighted by Crippen LogP contribution is -2.21. The number of ether oxygens (including phenoxy) is 3. The molecule has 0 aliphatic carbocycles.